The SMILES string of the molecule is Cl.Cn1cc(CCNC(=O)c2ccc3c(c2)CCN3)cn1. The molecule has 5 nitrogen and oxygen atoms in total. The van der Waals surface area contributed by atoms with Gasteiger partial charge in [0.05, 0.1) is 6.20 Å². The number of hydrogen-bond acceptors (Lipinski definition) is 3. The second-order valence-corrected chi connectivity index (χ2v) is 5.08. The molecule has 1 aromatic carbocycles. The standard InChI is InChI=1S/C15H18N4O.ClH/c1-19-10-11(9-18-19)4-6-17-15(20)13-2-3-14-12(8-13)5-7-16-14;/h2-3,8-10,16H,4-7H2,1H3,(H,17,20);1H. The summed E-state index contributed by atoms with van der Waals surface area (Å²) in [4.78, 5) is 12.1. The lowest BCUT2D eigenvalue weighted by Gasteiger charge is -2.06. The Morgan fingerprint density at radius 3 is 3.10 bits per heavy atom. The van der Waals surface area contributed by atoms with Crippen molar-refractivity contribution >= 4 is 24.0 Å². The van der Waals surface area contributed by atoms with E-state index >= 15 is 0 Å². The quantitative estimate of drug-likeness (QED) is 0.905. The maximum atomic E-state index is 12.1. The Bertz CT molecular complexity index is 638. The lowest BCUT2D eigenvalue weighted by Crippen LogP contribution is -2.25. The number of rotatable bonds is 4. The van der Waals surface area contributed by atoms with Crippen LogP contribution in [0.4, 0.5) is 5.69 Å². The van der Waals surface area contributed by atoms with Crippen LogP contribution in [0.3, 0.4) is 0 Å². The number of fused-ring (bicyclic) bond motifs is 1. The second kappa shape index (κ2) is 6.63. The van der Waals surface area contributed by atoms with Gasteiger partial charge in [-0.3, -0.25) is 9.48 Å². The van der Waals surface area contributed by atoms with E-state index in [1.165, 1.54) is 5.56 Å². The van der Waals surface area contributed by atoms with Crippen LogP contribution in [0.25, 0.3) is 0 Å². The van der Waals surface area contributed by atoms with Crippen molar-refractivity contribution in [3.05, 3.63) is 47.3 Å². The fourth-order valence-corrected chi connectivity index (χ4v) is 2.47. The number of nitrogens with zero attached hydrogens (tertiary/aromatic N) is 2. The first kappa shape index (κ1) is 15.4. The van der Waals surface area contributed by atoms with Gasteiger partial charge in [0.25, 0.3) is 5.91 Å². The molecule has 1 amide bonds. The zero-order valence-corrected chi connectivity index (χ0v) is 12.7. The summed E-state index contributed by atoms with van der Waals surface area (Å²) < 4.78 is 1.77. The number of nitrogens with one attached hydrogen (secondary N) is 2. The van der Waals surface area contributed by atoms with Crippen LogP contribution in [0.5, 0.6) is 0 Å². The van der Waals surface area contributed by atoms with E-state index in [2.05, 4.69) is 15.7 Å². The summed E-state index contributed by atoms with van der Waals surface area (Å²) >= 11 is 0. The molecule has 2 heterocycles. The average molecular weight is 307 g/mol. The topological polar surface area (TPSA) is 59.0 Å². The van der Waals surface area contributed by atoms with Gasteiger partial charge in [0.1, 0.15) is 0 Å². The molecule has 0 spiro atoms. The molecule has 0 bridgehead atoms. The molecule has 0 fully saturated rings. The molecule has 0 saturated heterocycles. The summed E-state index contributed by atoms with van der Waals surface area (Å²) in [5.41, 5.74) is 4.24. The molecular weight excluding hydrogens is 288 g/mol. The van der Waals surface area contributed by atoms with Gasteiger partial charge in [0.15, 0.2) is 0 Å². The Morgan fingerprint density at radius 2 is 2.33 bits per heavy atom. The van der Waals surface area contributed by atoms with Gasteiger partial charge in [-0.1, -0.05) is 0 Å². The van der Waals surface area contributed by atoms with E-state index in [-0.39, 0.29) is 18.3 Å². The van der Waals surface area contributed by atoms with Gasteiger partial charge in [0, 0.05) is 37.6 Å². The van der Waals surface area contributed by atoms with Crippen LogP contribution in [-0.2, 0) is 19.9 Å². The second-order valence-electron chi connectivity index (χ2n) is 5.08. The first-order valence-corrected chi connectivity index (χ1v) is 6.85. The molecule has 0 saturated carbocycles. The summed E-state index contributed by atoms with van der Waals surface area (Å²) in [7, 11) is 1.89. The molecule has 1 aliphatic rings. The number of benzene rings is 1. The third-order valence-electron chi connectivity index (χ3n) is 3.53. The van der Waals surface area contributed by atoms with Crippen molar-refractivity contribution in [2.24, 2.45) is 7.05 Å². The third kappa shape index (κ3) is 3.55. The molecule has 0 atom stereocenters. The Hall–Kier alpha value is -2.01. The third-order valence-corrected chi connectivity index (χ3v) is 3.53. The molecule has 112 valence electrons. The summed E-state index contributed by atoms with van der Waals surface area (Å²) in [6, 6.07) is 5.84. The predicted molar refractivity (Wildman–Crippen MR) is 85.1 cm³/mol. The van der Waals surface area contributed by atoms with Crippen molar-refractivity contribution in [1.29, 1.82) is 0 Å². The lowest BCUT2D eigenvalue weighted by molar-refractivity contribution is 0.0954. The van der Waals surface area contributed by atoms with Crippen LogP contribution in [0, 0.1) is 0 Å². The van der Waals surface area contributed by atoms with Crippen LogP contribution >= 0.6 is 12.4 Å². The molecule has 0 unspecified atom stereocenters. The van der Waals surface area contributed by atoms with Crippen molar-refractivity contribution in [2.75, 3.05) is 18.4 Å². The molecule has 3 rings (SSSR count). The van der Waals surface area contributed by atoms with Crippen molar-refractivity contribution in [1.82, 2.24) is 15.1 Å². The smallest absolute Gasteiger partial charge is 0.251 e. The van der Waals surface area contributed by atoms with E-state index in [0.29, 0.717) is 6.54 Å². The number of aromatic nitrogens is 2. The molecule has 21 heavy (non-hydrogen) atoms. The number of halogens is 1. The highest BCUT2D eigenvalue weighted by molar-refractivity contribution is 5.95. The van der Waals surface area contributed by atoms with Crippen LogP contribution < -0.4 is 10.6 Å². The molecule has 6 heteroatoms. The fraction of sp³-hybridized carbons (Fsp3) is 0.333. The van der Waals surface area contributed by atoms with Crippen molar-refractivity contribution in [2.45, 2.75) is 12.8 Å². The minimum absolute atomic E-state index is 0. The largest absolute Gasteiger partial charge is 0.384 e. The maximum Gasteiger partial charge on any atom is 0.251 e. The van der Waals surface area contributed by atoms with Gasteiger partial charge in [-0.05, 0) is 42.2 Å². The van der Waals surface area contributed by atoms with Crippen LogP contribution in [0.2, 0.25) is 0 Å². The number of carbonyl (C=O) groups is 1. The summed E-state index contributed by atoms with van der Waals surface area (Å²) in [6.07, 6.45) is 5.58. The van der Waals surface area contributed by atoms with E-state index in [1.54, 1.807) is 4.68 Å². The molecular formula is C15H19ClN4O. The number of hydrogen-bond donors (Lipinski definition) is 2. The minimum Gasteiger partial charge on any atom is -0.384 e. The van der Waals surface area contributed by atoms with Crippen molar-refractivity contribution in [3.8, 4) is 0 Å². The fourth-order valence-electron chi connectivity index (χ4n) is 2.47. The number of amides is 1. The summed E-state index contributed by atoms with van der Waals surface area (Å²) in [5.74, 6) is -0.0106. The average Bonchev–Trinajstić information content (AvgIpc) is 3.06. The van der Waals surface area contributed by atoms with E-state index in [1.807, 2.05) is 37.6 Å². The molecule has 0 radical (unpaired) electrons. The summed E-state index contributed by atoms with van der Waals surface area (Å²) in [5, 5.41) is 10.4. The highest BCUT2D eigenvalue weighted by atomic mass is 35.5. The van der Waals surface area contributed by atoms with Gasteiger partial charge in [-0.15, -0.1) is 12.4 Å². The number of aryl methyl sites for hydroxylation is 1. The van der Waals surface area contributed by atoms with Gasteiger partial charge < -0.3 is 10.6 Å². The Kier molecular flexibility index (Phi) is 4.85. The Balaban J connectivity index is 0.00000161. The van der Waals surface area contributed by atoms with Crippen molar-refractivity contribution < 1.29 is 4.79 Å². The first-order valence-electron chi connectivity index (χ1n) is 6.85. The first-order chi connectivity index (χ1) is 9.72. The van der Waals surface area contributed by atoms with Crippen molar-refractivity contribution in [3.63, 3.8) is 0 Å². The summed E-state index contributed by atoms with van der Waals surface area (Å²) in [6.45, 7) is 1.58. The van der Waals surface area contributed by atoms with Gasteiger partial charge in [-0.25, -0.2) is 0 Å². The Morgan fingerprint density at radius 1 is 1.48 bits per heavy atom. The van der Waals surface area contributed by atoms with E-state index in [4.69, 9.17) is 0 Å². The monoisotopic (exact) mass is 306 g/mol. The van der Waals surface area contributed by atoms with Gasteiger partial charge in [0.2, 0.25) is 0 Å². The molecule has 1 aromatic heterocycles. The highest BCUT2D eigenvalue weighted by Gasteiger charge is 2.13. The highest BCUT2D eigenvalue weighted by Crippen LogP contribution is 2.22. The van der Waals surface area contributed by atoms with Crippen LogP contribution in [0.15, 0.2) is 30.6 Å². The molecule has 2 aromatic rings. The van der Waals surface area contributed by atoms with E-state index < -0.39 is 0 Å². The predicted octanol–water partition coefficient (Wildman–Crippen LogP) is 1.78. The zero-order valence-electron chi connectivity index (χ0n) is 11.9. The number of carbonyl (C=O) groups excluding carboxylic acids is 1. The molecule has 0 aliphatic carbocycles. The number of anilines is 1. The minimum atomic E-state index is -0.0106. The van der Waals surface area contributed by atoms with Crippen LogP contribution in [0.1, 0.15) is 21.5 Å². The zero-order chi connectivity index (χ0) is 13.9. The Labute approximate surface area is 130 Å². The van der Waals surface area contributed by atoms with Crippen LogP contribution in [-0.4, -0.2) is 28.8 Å². The van der Waals surface area contributed by atoms with E-state index in [0.717, 1.165) is 36.2 Å². The lowest BCUT2D eigenvalue weighted by atomic mass is 10.1. The van der Waals surface area contributed by atoms with E-state index in [9.17, 15) is 4.79 Å². The van der Waals surface area contributed by atoms with Gasteiger partial charge in [-0.2, -0.15) is 5.10 Å². The normalized spacial score (nSPS) is 12.2. The molecule has 1 aliphatic heterocycles. The maximum absolute atomic E-state index is 12.1. The molecule has 2 N–H and O–H groups in total. The van der Waals surface area contributed by atoms with Gasteiger partial charge >= 0.3 is 0 Å².